The molecule has 114 valence electrons. The van der Waals surface area contributed by atoms with E-state index in [1.165, 1.54) is 38.3 Å². The number of hydrogen-bond acceptors (Lipinski definition) is 4. The minimum Gasteiger partial charge on any atom is -0.347 e. The minimum atomic E-state index is -0.388. The van der Waals surface area contributed by atoms with Gasteiger partial charge in [-0.2, -0.15) is 0 Å². The first-order valence-electron chi connectivity index (χ1n) is 7.75. The first-order chi connectivity index (χ1) is 9.85. The second-order valence-corrected chi connectivity index (χ2v) is 7.37. The molecule has 0 amide bonds. The Balaban J connectivity index is 2.01. The van der Waals surface area contributed by atoms with Crippen molar-refractivity contribution in [2.24, 2.45) is 5.41 Å². The molecule has 0 spiro atoms. The fourth-order valence-electron chi connectivity index (χ4n) is 4.30. The Hall–Kier alpha value is -1.65. The number of pyridine rings is 1. The van der Waals surface area contributed by atoms with E-state index in [2.05, 4.69) is 30.7 Å². The van der Waals surface area contributed by atoms with Crippen LogP contribution >= 0.6 is 0 Å². The van der Waals surface area contributed by atoms with Crippen LogP contribution in [0.1, 0.15) is 52.9 Å². The van der Waals surface area contributed by atoms with Crippen LogP contribution in [0, 0.1) is 15.5 Å². The van der Waals surface area contributed by atoms with E-state index in [-0.39, 0.29) is 21.6 Å². The average molecular weight is 289 g/mol. The average Bonchev–Trinajstić information content (AvgIpc) is 2.65. The second kappa shape index (κ2) is 4.68. The van der Waals surface area contributed by atoms with Crippen LogP contribution in [-0.2, 0) is 0 Å². The van der Waals surface area contributed by atoms with Gasteiger partial charge in [0.1, 0.15) is 12.0 Å². The summed E-state index contributed by atoms with van der Waals surface area (Å²) in [6.45, 7) is 6.91. The van der Waals surface area contributed by atoms with Gasteiger partial charge < -0.3 is 4.90 Å². The Kier molecular flexibility index (Phi) is 3.19. The monoisotopic (exact) mass is 289 g/mol. The summed E-state index contributed by atoms with van der Waals surface area (Å²) in [5.74, 6) is 0.901. The Morgan fingerprint density at radius 3 is 2.67 bits per heavy atom. The molecule has 2 aliphatic rings. The number of nitro groups is 1. The van der Waals surface area contributed by atoms with Crippen molar-refractivity contribution in [2.45, 2.75) is 64.5 Å². The Bertz CT molecular complexity index is 546. The molecule has 2 fully saturated rings. The third-order valence-electron chi connectivity index (χ3n) is 5.43. The van der Waals surface area contributed by atoms with E-state index in [0.29, 0.717) is 6.04 Å². The molecule has 2 saturated heterocycles. The molecule has 5 heteroatoms. The van der Waals surface area contributed by atoms with E-state index in [4.69, 9.17) is 0 Å². The summed E-state index contributed by atoms with van der Waals surface area (Å²) in [6, 6.07) is 3.93. The number of nitrogens with zero attached hydrogens (tertiary/aromatic N) is 3. The molecule has 21 heavy (non-hydrogen) atoms. The van der Waals surface area contributed by atoms with E-state index in [1.807, 2.05) is 6.07 Å². The van der Waals surface area contributed by atoms with Crippen LogP contribution < -0.4 is 4.90 Å². The maximum atomic E-state index is 10.8. The molecule has 1 aromatic rings. The van der Waals surface area contributed by atoms with Crippen LogP contribution in [0.3, 0.4) is 0 Å². The van der Waals surface area contributed by atoms with E-state index in [1.54, 1.807) is 6.07 Å². The highest BCUT2D eigenvalue weighted by atomic mass is 16.6. The number of piperidine rings is 1. The maximum Gasteiger partial charge on any atom is 0.287 e. The highest BCUT2D eigenvalue weighted by Gasteiger charge is 2.55. The lowest BCUT2D eigenvalue weighted by atomic mass is 9.68. The van der Waals surface area contributed by atoms with Crippen molar-refractivity contribution in [3.05, 3.63) is 28.4 Å². The van der Waals surface area contributed by atoms with Crippen molar-refractivity contribution in [3.8, 4) is 0 Å². The molecule has 2 atom stereocenters. The van der Waals surface area contributed by atoms with Crippen LogP contribution in [0.5, 0.6) is 0 Å². The number of rotatable bonds is 2. The van der Waals surface area contributed by atoms with Crippen LogP contribution in [0.2, 0.25) is 0 Å². The third kappa shape index (κ3) is 2.10. The molecule has 0 aromatic carbocycles. The van der Waals surface area contributed by atoms with Crippen molar-refractivity contribution < 1.29 is 4.92 Å². The molecule has 2 unspecified atom stereocenters. The van der Waals surface area contributed by atoms with Crippen molar-refractivity contribution >= 4 is 11.5 Å². The van der Waals surface area contributed by atoms with Gasteiger partial charge in [-0.15, -0.1) is 0 Å². The molecule has 0 aliphatic carbocycles. The first kappa shape index (κ1) is 14.3. The van der Waals surface area contributed by atoms with Gasteiger partial charge in [0.2, 0.25) is 0 Å². The third-order valence-corrected chi connectivity index (χ3v) is 5.43. The highest BCUT2D eigenvalue weighted by Crippen LogP contribution is 2.54. The van der Waals surface area contributed by atoms with E-state index in [9.17, 15) is 10.1 Å². The fraction of sp³-hybridized carbons (Fsp3) is 0.688. The Labute approximate surface area is 125 Å². The molecule has 2 bridgehead atoms. The van der Waals surface area contributed by atoms with Crippen LogP contribution in [0.25, 0.3) is 0 Å². The summed E-state index contributed by atoms with van der Waals surface area (Å²) in [6.07, 6.45) is 7.45. The van der Waals surface area contributed by atoms with Gasteiger partial charge in [-0.3, -0.25) is 10.1 Å². The van der Waals surface area contributed by atoms with Gasteiger partial charge in [0.15, 0.2) is 0 Å². The van der Waals surface area contributed by atoms with Gasteiger partial charge in [-0.1, -0.05) is 20.8 Å². The molecule has 5 nitrogen and oxygen atoms in total. The molecular formula is C16H23N3O2. The number of fused-ring (bicyclic) bond motifs is 2. The van der Waals surface area contributed by atoms with E-state index < -0.39 is 0 Å². The predicted molar refractivity (Wildman–Crippen MR) is 82.4 cm³/mol. The molecule has 3 rings (SSSR count). The summed E-state index contributed by atoms with van der Waals surface area (Å²) in [5, 5.41) is 10.8. The lowest BCUT2D eigenvalue weighted by molar-refractivity contribution is -0.385. The lowest BCUT2D eigenvalue weighted by Crippen LogP contribution is -2.58. The lowest BCUT2D eigenvalue weighted by Gasteiger charge is -2.53. The van der Waals surface area contributed by atoms with Crippen LogP contribution in [-0.4, -0.2) is 21.5 Å². The van der Waals surface area contributed by atoms with Gasteiger partial charge in [0, 0.05) is 17.6 Å². The highest BCUT2D eigenvalue weighted by molar-refractivity contribution is 5.50. The number of anilines is 1. The van der Waals surface area contributed by atoms with E-state index in [0.717, 1.165) is 5.82 Å². The topological polar surface area (TPSA) is 59.3 Å². The summed E-state index contributed by atoms with van der Waals surface area (Å²) >= 11 is 0. The van der Waals surface area contributed by atoms with Gasteiger partial charge >= 0.3 is 0 Å². The normalized spacial score (nSPS) is 28.7. The molecule has 2 aliphatic heterocycles. The van der Waals surface area contributed by atoms with Crippen molar-refractivity contribution in [1.82, 2.24) is 4.98 Å². The van der Waals surface area contributed by atoms with Crippen molar-refractivity contribution in [2.75, 3.05) is 4.90 Å². The molecule has 3 heterocycles. The largest absolute Gasteiger partial charge is 0.347 e. The summed E-state index contributed by atoms with van der Waals surface area (Å²) in [5.41, 5.74) is 0.373. The standard InChI is InChI=1S/C16H23N3O2/c1-15(2,3)16-9-4-5-12(8-10-16)18(16)14-7-6-13(11-17-14)19(20)21/h6-7,11-12H,4-5,8-10H2,1-3H3. The molecule has 0 radical (unpaired) electrons. The van der Waals surface area contributed by atoms with Crippen LogP contribution in [0.15, 0.2) is 18.3 Å². The first-order valence-corrected chi connectivity index (χ1v) is 7.75. The smallest absolute Gasteiger partial charge is 0.287 e. The summed E-state index contributed by atoms with van der Waals surface area (Å²) in [7, 11) is 0. The molecule has 0 saturated carbocycles. The van der Waals surface area contributed by atoms with Gasteiger partial charge in [0.25, 0.3) is 5.69 Å². The SMILES string of the molecule is CC(C)(C)C12CCCC(CC1)N2c1ccc([N+](=O)[O-])cn1. The fourth-order valence-corrected chi connectivity index (χ4v) is 4.30. The Morgan fingerprint density at radius 2 is 2.10 bits per heavy atom. The predicted octanol–water partition coefficient (Wildman–Crippen LogP) is 3.93. The zero-order valence-electron chi connectivity index (χ0n) is 13.0. The minimum absolute atomic E-state index is 0.0629. The van der Waals surface area contributed by atoms with E-state index >= 15 is 0 Å². The quantitative estimate of drug-likeness (QED) is 0.611. The number of hydrogen-bond donors (Lipinski definition) is 0. The number of aromatic nitrogens is 1. The van der Waals surface area contributed by atoms with Crippen molar-refractivity contribution in [3.63, 3.8) is 0 Å². The van der Waals surface area contributed by atoms with Crippen molar-refractivity contribution in [1.29, 1.82) is 0 Å². The molecule has 1 aromatic heterocycles. The molecular weight excluding hydrogens is 266 g/mol. The van der Waals surface area contributed by atoms with Gasteiger partial charge in [-0.25, -0.2) is 4.98 Å². The van der Waals surface area contributed by atoms with Gasteiger partial charge in [-0.05, 0) is 43.6 Å². The van der Waals surface area contributed by atoms with Gasteiger partial charge in [0.05, 0.1) is 4.92 Å². The molecule has 0 N–H and O–H groups in total. The second-order valence-electron chi connectivity index (χ2n) is 7.37. The zero-order chi connectivity index (χ0) is 15.3. The zero-order valence-corrected chi connectivity index (χ0v) is 13.0. The summed E-state index contributed by atoms with van der Waals surface area (Å²) < 4.78 is 0. The summed E-state index contributed by atoms with van der Waals surface area (Å²) in [4.78, 5) is 17.3. The Morgan fingerprint density at radius 1 is 1.33 bits per heavy atom. The maximum absolute atomic E-state index is 10.8. The van der Waals surface area contributed by atoms with Crippen LogP contribution in [0.4, 0.5) is 11.5 Å².